The van der Waals surface area contributed by atoms with Crippen LogP contribution in [0.15, 0.2) is 29.5 Å². The lowest BCUT2D eigenvalue weighted by Gasteiger charge is -2.12. The molecule has 0 saturated carbocycles. The van der Waals surface area contributed by atoms with Crippen LogP contribution in [0.1, 0.15) is 29.8 Å². The van der Waals surface area contributed by atoms with Crippen LogP contribution in [0.4, 0.5) is 16.6 Å². The fraction of sp³-hybridized carbons (Fsp3) is 0.267. The molecule has 10 heteroatoms. The summed E-state index contributed by atoms with van der Waals surface area (Å²) >= 11 is 0. The van der Waals surface area contributed by atoms with E-state index in [0.29, 0.717) is 0 Å². The number of hydrogen-bond acceptors (Lipinski definition) is 6. The smallest absolute Gasteiger partial charge is 0.431 e. The third-order valence-electron chi connectivity index (χ3n) is 2.86. The lowest BCUT2D eigenvalue weighted by Crippen LogP contribution is -2.19. The van der Waals surface area contributed by atoms with Crippen molar-refractivity contribution in [1.82, 2.24) is 9.97 Å². The summed E-state index contributed by atoms with van der Waals surface area (Å²) in [5.74, 6) is -0.233. The van der Waals surface area contributed by atoms with Gasteiger partial charge in [0.1, 0.15) is 11.6 Å². The molecule has 130 valence electrons. The van der Waals surface area contributed by atoms with Crippen LogP contribution in [0.25, 0.3) is 10.4 Å². The minimum atomic E-state index is -0.901. The van der Waals surface area contributed by atoms with Crippen molar-refractivity contribution >= 4 is 23.8 Å². The molecule has 25 heavy (non-hydrogen) atoms. The van der Waals surface area contributed by atoms with Crippen LogP contribution >= 0.6 is 0 Å². The number of aryl methyl sites for hydroxylation is 1. The third-order valence-corrected chi connectivity index (χ3v) is 2.86. The first-order chi connectivity index (χ1) is 11.9. The number of carbonyl (C=O) groups is 2. The molecule has 0 aliphatic heterocycles. The second kappa shape index (κ2) is 7.84. The monoisotopic (exact) mass is 344 g/mol. The number of carbonyl (C=O) groups excluding carboxylic acids is 2. The van der Waals surface area contributed by atoms with Gasteiger partial charge in [-0.15, -0.1) is 0 Å². The highest BCUT2D eigenvalue weighted by Gasteiger charge is 2.18. The molecule has 0 aliphatic carbocycles. The van der Waals surface area contributed by atoms with Crippen LogP contribution in [0.5, 0.6) is 5.75 Å². The zero-order valence-electron chi connectivity index (χ0n) is 13.8. The molecule has 2 aromatic rings. The lowest BCUT2D eigenvalue weighted by atomic mass is 10.1. The molecule has 2 N–H and O–H groups in total. The number of rotatable bonds is 5. The van der Waals surface area contributed by atoms with Gasteiger partial charge in [-0.25, -0.2) is 9.78 Å². The molecule has 0 atom stereocenters. The molecular weight excluding hydrogens is 328 g/mol. The van der Waals surface area contributed by atoms with Crippen molar-refractivity contribution in [2.75, 3.05) is 5.32 Å². The number of amides is 1. The zero-order chi connectivity index (χ0) is 18.4. The average Bonchev–Trinajstić information content (AvgIpc) is 2.93. The van der Waals surface area contributed by atoms with Gasteiger partial charge in [-0.3, -0.25) is 4.79 Å². The summed E-state index contributed by atoms with van der Waals surface area (Å²) in [4.78, 5) is 33.1. The maximum atomic E-state index is 12.4. The summed E-state index contributed by atoms with van der Waals surface area (Å²) in [5.41, 5.74) is 9.28. The van der Waals surface area contributed by atoms with Gasteiger partial charge in [0.05, 0.1) is 17.9 Å². The van der Waals surface area contributed by atoms with E-state index in [1.165, 1.54) is 12.3 Å². The van der Waals surface area contributed by atoms with E-state index in [4.69, 9.17) is 15.0 Å². The number of azide groups is 1. The summed E-state index contributed by atoms with van der Waals surface area (Å²) in [7, 11) is 0. The Morgan fingerprint density at radius 1 is 1.40 bits per heavy atom. The normalized spacial score (nSPS) is 10.1. The first-order valence-corrected chi connectivity index (χ1v) is 7.29. The molecule has 0 spiro atoms. The Hall–Kier alpha value is -3.52. The summed E-state index contributed by atoms with van der Waals surface area (Å²) in [6.45, 7) is 5.17. The van der Waals surface area contributed by atoms with E-state index in [9.17, 15) is 9.59 Å². The van der Waals surface area contributed by atoms with Crippen LogP contribution < -0.4 is 10.1 Å². The SMILES string of the molecule is Cc1ccc(C(=O)Nc2cnc(N=[N+]=[N-])[nH]2)c(OC(=O)OC(C)C)c1. The van der Waals surface area contributed by atoms with E-state index in [1.807, 2.05) is 0 Å². The maximum Gasteiger partial charge on any atom is 0.514 e. The summed E-state index contributed by atoms with van der Waals surface area (Å²) in [5, 5.41) is 5.82. The summed E-state index contributed by atoms with van der Waals surface area (Å²) in [6.07, 6.45) is 0.0458. The number of aromatic amines is 1. The predicted octanol–water partition coefficient (Wildman–Crippen LogP) is 3.84. The van der Waals surface area contributed by atoms with Crippen molar-refractivity contribution in [3.05, 3.63) is 46.0 Å². The van der Waals surface area contributed by atoms with Crippen LogP contribution in [-0.4, -0.2) is 28.1 Å². The van der Waals surface area contributed by atoms with Crippen molar-refractivity contribution in [1.29, 1.82) is 0 Å². The van der Waals surface area contributed by atoms with Crippen molar-refractivity contribution in [2.45, 2.75) is 26.9 Å². The molecule has 0 aliphatic rings. The maximum absolute atomic E-state index is 12.4. The topological polar surface area (TPSA) is 142 Å². The highest BCUT2D eigenvalue weighted by molar-refractivity contribution is 6.06. The van der Waals surface area contributed by atoms with E-state index >= 15 is 0 Å². The molecule has 1 aromatic carbocycles. The zero-order valence-corrected chi connectivity index (χ0v) is 13.8. The van der Waals surface area contributed by atoms with Gasteiger partial charge in [-0.05, 0) is 49.1 Å². The number of ether oxygens (including phenoxy) is 2. The van der Waals surface area contributed by atoms with Gasteiger partial charge in [0.15, 0.2) is 5.95 Å². The Labute approximate surface area is 142 Å². The fourth-order valence-electron chi connectivity index (χ4n) is 1.86. The number of nitrogens with one attached hydrogen (secondary N) is 2. The Morgan fingerprint density at radius 3 is 2.84 bits per heavy atom. The molecule has 0 saturated heterocycles. The molecule has 1 heterocycles. The predicted molar refractivity (Wildman–Crippen MR) is 88.8 cm³/mol. The van der Waals surface area contributed by atoms with Crippen LogP contribution in [0, 0.1) is 6.92 Å². The third kappa shape index (κ3) is 4.98. The van der Waals surface area contributed by atoms with Crippen LogP contribution in [0.2, 0.25) is 0 Å². The quantitative estimate of drug-likeness (QED) is 0.278. The van der Waals surface area contributed by atoms with Gasteiger partial charge in [-0.1, -0.05) is 6.07 Å². The van der Waals surface area contributed by atoms with Gasteiger partial charge in [0.25, 0.3) is 5.91 Å². The number of benzene rings is 1. The molecular formula is C15H16N6O4. The summed E-state index contributed by atoms with van der Waals surface area (Å²) < 4.78 is 10.0. The molecule has 0 unspecified atom stereocenters. The highest BCUT2D eigenvalue weighted by atomic mass is 16.7. The average molecular weight is 344 g/mol. The number of H-pyrrole nitrogens is 1. The Balaban J connectivity index is 2.20. The van der Waals surface area contributed by atoms with Crippen molar-refractivity contribution in [2.24, 2.45) is 5.11 Å². The van der Waals surface area contributed by atoms with E-state index in [-0.39, 0.29) is 29.2 Å². The van der Waals surface area contributed by atoms with Gasteiger partial charge < -0.3 is 19.8 Å². The summed E-state index contributed by atoms with van der Waals surface area (Å²) in [6, 6.07) is 4.77. The van der Waals surface area contributed by atoms with Crippen molar-refractivity contribution in [3.8, 4) is 5.75 Å². The van der Waals surface area contributed by atoms with Crippen molar-refractivity contribution in [3.63, 3.8) is 0 Å². The highest BCUT2D eigenvalue weighted by Crippen LogP contribution is 2.23. The van der Waals surface area contributed by atoms with Gasteiger partial charge in [0.2, 0.25) is 0 Å². The molecule has 0 bridgehead atoms. The Kier molecular flexibility index (Phi) is 5.59. The van der Waals surface area contributed by atoms with E-state index < -0.39 is 12.1 Å². The van der Waals surface area contributed by atoms with Gasteiger partial charge in [0, 0.05) is 4.91 Å². The molecule has 1 amide bonds. The minimum Gasteiger partial charge on any atom is -0.431 e. The number of aromatic nitrogens is 2. The van der Waals surface area contributed by atoms with Crippen LogP contribution in [-0.2, 0) is 4.74 Å². The largest absolute Gasteiger partial charge is 0.514 e. The number of imidazole rings is 1. The molecule has 2 rings (SSSR count). The Bertz CT molecular complexity index is 838. The molecule has 1 aromatic heterocycles. The first-order valence-electron chi connectivity index (χ1n) is 7.29. The fourth-order valence-corrected chi connectivity index (χ4v) is 1.86. The van der Waals surface area contributed by atoms with E-state index in [1.54, 1.807) is 32.9 Å². The van der Waals surface area contributed by atoms with Gasteiger partial charge in [-0.2, -0.15) is 0 Å². The number of nitrogens with zero attached hydrogens (tertiary/aromatic N) is 4. The Morgan fingerprint density at radius 2 is 2.16 bits per heavy atom. The standard InChI is InChI=1S/C15H16N6O4/c1-8(2)24-15(23)25-11-6-9(3)4-5-10(11)13(22)18-12-7-17-14(19-12)20-21-16/h4-8H,1-3H3,(H,17,19)(H,18,22). The lowest BCUT2D eigenvalue weighted by molar-refractivity contribution is 0.0725. The minimum absolute atomic E-state index is 0.0127. The first kappa shape index (κ1) is 17.8. The van der Waals surface area contributed by atoms with E-state index in [0.717, 1.165) is 5.56 Å². The van der Waals surface area contributed by atoms with Gasteiger partial charge >= 0.3 is 6.16 Å². The van der Waals surface area contributed by atoms with E-state index in [2.05, 4.69) is 25.3 Å². The molecule has 0 radical (unpaired) electrons. The molecule has 0 fully saturated rings. The molecule has 10 nitrogen and oxygen atoms in total. The second-order valence-electron chi connectivity index (χ2n) is 5.28. The van der Waals surface area contributed by atoms with Crippen molar-refractivity contribution < 1.29 is 19.1 Å². The second-order valence-corrected chi connectivity index (χ2v) is 5.28. The number of anilines is 1. The number of hydrogen-bond donors (Lipinski definition) is 2. The van der Waals surface area contributed by atoms with Crippen LogP contribution in [0.3, 0.4) is 0 Å².